The lowest BCUT2D eigenvalue weighted by atomic mass is 10.2. The van der Waals surface area contributed by atoms with Gasteiger partial charge in [0, 0.05) is 38.9 Å². The van der Waals surface area contributed by atoms with Crippen molar-refractivity contribution in [2.75, 3.05) is 45.1 Å². The van der Waals surface area contributed by atoms with E-state index in [-0.39, 0.29) is 18.5 Å². The minimum atomic E-state index is -0.274. The molecule has 1 aliphatic heterocycles. The highest BCUT2D eigenvalue weighted by atomic mass is 16.2. The zero-order chi connectivity index (χ0) is 15.2. The fourth-order valence-corrected chi connectivity index (χ4v) is 2.23. The Kier molecular flexibility index (Phi) is 5.16. The summed E-state index contributed by atoms with van der Waals surface area (Å²) in [5.41, 5.74) is 1.81. The van der Waals surface area contributed by atoms with E-state index in [1.807, 2.05) is 31.2 Å². The molecule has 0 unspecified atom stereocenters. The Labute approximate surface area is 125 Å². The second-order valence-electron chi connectivity index (χ2n) is 5.29. The second kappa shape index (κ2) is 7.08. The highest BCUT2D eigenvalue weighted by Gasteiger charge is 2.19. The van der Waals surface area contributed by atoms with Gasteiger partial charge in [0.1, 0.15) is 6.54 Å². The third kappa shape index (κ3) is 4.46. The van der Waals surface area contributed by atoms with Gasteiger partial charge >= 0.3 is 6.03 Å². The van der Waals surface area contributed by atoms with E-state index in [2.05, 4.69) is 10.6 Å². The SMILES string of the molecule is Cc1cccc(NC(=O)N(C)CC(=O)N2CCNCC2)c1. The number of piperazine rings is 1. The molecule has 1 heterocycles. The molecule has 2 N–H and O–H groups in total. The predicted octanol–water partition coefficient (Wildman–Crippen LogP) is 0.891. The summed E-state index contributed by atoms with van der Waals surface area (Å²) in [4.78, 5) is 27.4. The van der Waals surface area contributed by atoms with Crippen LogP contribution in [0.25, 0.3) is 0 Å². The molecule has 0 atom stereocenters. The smallest absolute Gasteiger partial charge is 0.322 e. The Bertz CT molecular complexity index is 512. The Morgan fingerprint density at radius 1 is 1.33 bits per heavy atom. The van der Waals surface area contributed by atoms with Crippen LogP contribution in [0.2, 0.25) is 0 Å². The number of urea groups is 1. The number of hydrogen-bond donors (Lipinski definition) is 2. The highest BCUT2D eigenvalue weighted by molar-refractivity contribution is 5.92. The number of aryl methyl sites for hydroxylation is 1. The minimum Gasteiger partial charge on any atom is -0.339 e. The van der Waals surface area contributed by atoms with Crippen molar-refractivity contribution in [2.45, 2.75) is 6.92 Å². The summed E-state index contributed by atoms with van der Waals surface area (Å²) in [5.74, 6) is -0.0154. The molecule has 0 radical (unpaired) electrons. The lowest BCUT2D eigenvalue weighted by molar-refractivity contribution is -0.132. The van der Waals surface area contributed by atoms with Crippen molar-refractivity contribution in [3.63, 3.8) is 0 Å². The molecule has 1 fully saturated rings. The standard InChI is InChI=1S/C15H22N4O2/c1-12-4-3-5-13(10-12)17-15(21)18(2)11-14(20)19-8-6-16-7-9-19/h3-5,10,16H,6-9,11H2,1-2H3,(H,17,21). The van der Waals surface area contributed by atoms with Gasteiger partial charge in [-0.05, 0) is 24.6 Å². The molecule has 1 aliphatic rings. The van der Waals surface area contributed by atoms with Crippen LogP contribution in [-0.4, -0.2) is 61.5 Å². The molecule has 1 aromatic rings. The first-order valence-electron chi connectivity index (χ1n) is 7.13. The lowest BCUT2D eigenvalue weighted by Crippen LogP contribution is -2.50. The number of benzene rings is 1. The summed E-state index contributed by atoms with van der Waals surface area (Å²) in [6, 6.07) is 7.30. The molecule has 0 aliphatic carbocycles. The molecule has 1 saturated heterocycles. The van der Waals surface area contributed by atoms with E-state index >= 15 is 0 Å². The summed E-state index contributed by atoms with van der Waals surface area (Å²) in [6.45, 7) is 5.08. The number of hydrogen-bond acceptors (Lipinski definition) is 3. The fraction of sp³-hybridized carbons (Fsp3) is 0.467. The first-order valence-corrected chi connectivity index (χ1v) is 7.13. The number of nitrogens with zero attached hydrogens (tertiary/aromatic N) is 2. The van der Waals surface area contributed by atoms with Gasteiger partial charge in [-0.2, -0.15) is 0 Å². The van der Waals surface area contributed by atoms with Crippen LogP contribution in [0.3, 0.4) is 0 Å². The van der Waals surface area contributed by atoms with Crippen LogP contribution >= 0.6 is 0 Å². The van der Waals surface area contributed by atoms with Crippen molar-refractivity contribution in [2.24, 2.45) is 0 Å². The Hall–Kier alpha value is -2.08. The molecule has 0 bridgehead atoms. The number of likely N-dealkylation sites (N-methyl/N-ethyl adjacent to an activating group) is 1. The van der Waals surface area contributed by atoms with Crippen molar-refractivity contribution in [3.8, 4) is 0 Å². The largest absolute Gasteiger partial charge is 0.339 e. The average Bonchev–Trinajstić information content (AvgIpc) is 2.48. The molecule has 2 rings (SSSR count). The Morgan fingerprint density at radius 3 is 2.71 bits per heavy atom. The number of anilines is 1. The molecule has 0 spiro atoms. The molecule has 21 heavy (non-hydrogen) atoms. The third-order valence-corrected chi connectivity index (χ3v) is 3.46. The van der Waals surface area contributed by atoms with Crippen LogP contribution in [0.5, 0.6) is 0 Å². The third-order valence-electron chi connectivity index (χ3n) is 3.46. The topological polar surface area (TPSA) is 64.7 Å². The molecule has 6 heteroatoms. The zero-order valence-corrected chi connectivity index (χ0v) is 12.6. The number of carbonyl (C=O) groups excluding carboxylic acids is 2. The molecule has 6 nitrogen and oxygen atoms in total. The first-order chi connectivity index (χ1) is 10.1. The molecule has 0 aromatic heterocycles. The monoisotopic (exact) mass is 290 g/mol. The first kappa shape index (κ1) is 15.3. The predicted molar refractivity (Wildman–Crippen MR) is 82.3 cm³/mol. The zero-order valence-electron chi connectivity index (χ0n) is 12.6. The van der Waals surface area contributed by atoms with Crippen molar-refractivity contribution in [1.29, 1.82) is 0 Å². The van der Waals surface area contributed by atoms with E-state index in [0.29, 0.717) is 13.1 Å². The maximum absolute atomic E-state index is 12.1. The summed E-state index contributed by atoms with van der Waals surface area (Å²) < 4.78 is 0. The van der Waals surface area contributed by atoms with Crippen LogP contribution in [0.4, 0.5) is 10.5 Å². The summed E-state index contributed by atoms with van der Waals surface area (Å²) in [6.07, 6.45) is 0. The van der Waals surface area contributed by atoms with Gasteiger partial charge in [-0.15, -0.1) is 0 Å². The summed E-state index contributed by atoms with van der Waals surface area (Å²) in [5, 5.41) is 5.99. The van der Waals surface area contributed by atoms with Gasteiger partial charge < -0.3 is 20.4 Å². The molecular weight excluding hydrogens is 268 g/mol. The van der Waals surface area contributed by atoms with Gasteiger partial charge in [0.2, 0.25) is 5.91 Å². The molecule has 1 aromatic carbocycles. The van der Waals surface area contributed by atoms with Crippen LogP contribution in [0.1, 0.15) is 5.56 Å². The normalized spacial score (nSPS) is 14.7. The van der Waals surface area contributed by atoms with E-state index < -0.39 is 0 Å². The van der Waals surface area contributed by atoms with Crippen molar-refractivity contribution in [1.82, 2.24) is 15.1 Å². The molecule has 0 saturated carbocycles. The van der Waals surface area contributed by atoms with E-state index in [0.717, 1.165) is 24.3 Å². The van der Waals surface area contributed by atoms with Crippen molar-refractivity contribution < 1.29 is 9.59 Å². The van der Waals surface area contributed by atoms with Gasteiger partial charge in [-0.3, -0.25) is 4.79 Å². The van der Waals surface area contributed by atoms with Crippen LogP contribution in [0, 0.1) is 6.92 Å². The Balaban J connectivity index is 1.85. The maximum Gasteiger partial charge on any atom is 0.322 e. The van der Waals surface area contributed by atoms with E-state index in [4.69, 9.17) is 0 Å². The number of rotatable bonds is 3. The molecule has 114 valence electrons. The van der Waals surface area contributed by atoms with Gasteiger partial charge in [-0.25, -0.2) is 4.79 Å². The number of carbonyl (C=O) groups is 2. The summed E-state index contributed by atoms with van der Waals surface area (Å²) >= 11 is 0. The quantitative estimate of drug-likeness (QED) is 0.869. The highest BCUT2D eigenvalue weighted by Crippen LogP contribution is 2.10. The number of amides is 3. The molecule has 3 amide bonds. The lowest BCUT2D eigenvalue weighted by Gasteiger charge is -2.29. The van der Waals surface area contributed by atoms with E-state index in [1.54, 1.807) is 11.9 Å². The van der Waals surface area contributed by atoms with Crippen LogP contribution in [-0.2, 0) is 4.79 Å². The van der Waals surface area contributed by atoms with Gasteiger partial charge in [-0.1, -0.05) is 12.1 Å². The van der Waals surface area contributed by atoms with Gasteiger partial charge in [0.05, 0.1) is 0 Å². The van der Waals surface area contributed by atoms with Crippen molar-refractivity contribution in [3.05, 3.63) is 29.8 Å². The van der Waals surface area contributed by atoms with Crippen molar-refractivity contribution >= 4 is 17.6 Å². The Morgan fingerprint density at radius 2 is 2.05 bits per heavy atom. The van der Waals surface area contributed by atoms with E-state index in [9.17, 15) is 9.59 Å². The minimum absolute atomic E-state index is 0.0154. The summed E-state index contributed by atoms with van der Waals surface area (Å²) in [7, 11) is 1.63. The van der Waals surface area contributed by atoms with Crippen LogP contribution < -0.4 is 10.6 Å². The van der Waals surface area contributed by atoms with Gasteiger partial charge in [0.15, 0.2) is 0 Å². The van der Waals surface area contributed by atoms with E-state index in [1.165, 1.54) is 4.90 Å². The maximum atomic E-state index is 12.1. The second-order valence-corrected chi connectivity index (χ2v) is 5.29. The molecular formula is C15H22N4O2. The van der Waals surface area contributed by atoms with Crippen LogP contribution in [0.15, 0.2) is 24.3 Å². The number of nitrogens with one attached hydrogen (secondary N) is 2. The van der Waals surface area contributed by atoms with Gasteiger partial charge in [0.25, 0.3) is 0 Å². The average molecular weight is 290 g/mol. The fourth-order valence-electron chi connectivity index (χ4n) is 2.23.